The molecule has 1 fully saturated rings. The van der Waals surface area contributed by atoms with Crippen LogP contribution >= 0.6 is 0 Å². The zero-order valence-corrected chi connectivity index (χ0v) is 10.4. The lowest BCUT2D eigenvalue weighted by Gasteiger charge is -2.31. The topological polar surface area (TPSA) is 75.4 Å². The summed E-state index contributed by atoms with van der Waals surface area (Å²) in [6.45, 7) is 3.23. The second-order valence-corrected chi connectivity index (χ2v) is 5.00. The summed E-state index contributed by atoms with van der Waals surface area (Å²) >= 11 is 0. The molecule has 5 nitrogen and oxygen atoms in total. The minimum absolute atomic E-state index is 0.128. The molecule has 1 aliphatic carbocycles. The molecule has 1 saturated carbocycles. The fourth-order valence-corrected chi connectivity index (χ4v) is 2.25. The maximum Gasteiger partial charge on any atom is 0.272 e. The summed E-state index contributed by atoms with van der Waals surface area (Å²) in [5.41, 5.74) is 1.78. The van der Waals surface area contributed by atoms with E-state index in [4.69, 9.17) is 5.11 Å². The van der Waals surface area contributed by atoms with Crippen LogP contribution in [0.3, 0.4) is 0 Å². The largest absolute Gasteiger partial charge is 0.393 e. The zero-order valence-electron chi connectivity index (χ0n) is 10.4. The first kappa shape index (κ1) is 13.0. The third kappa shape index (κ3) is 3.05. The molecule has 1 aromatic rings. The van der Waals surface area contributed by atoms with Crippen LogP contribution in [0.2, 0.25) is 0 Å². The number of aliphatic hydroxyl groups is 1. The standard InChI is InChI=1S/C13H18N2O3/c1-9-2-3-10(6-13(9)15(17)18)7-14-8-11-4-12(16)5-11/h2-3,6,11-12,14,16H,4-5,7-8H2,1H3. The van der Waals surface area contributed by atoms with Gasteiger partial charge in [0.05, 0.1) is 11.0 Å². The van der Waals surface area contributed by atoms with Crippen LogP contribution < -0.4 is 5.32 Å². The van der Waals surface area contributed by atoms with E-state index >= 15 is 0 Å². The highest BCUT2D eigenvalue weighted by atomic mass is 16.6. The maximum atomic E-state index is 10.8. The minimum Gasteiger partial charge on any atom is -0.393 e. The van der Waals surface area contributed by atoms with E-state index in [1.54, 1.807) is 19.1 Å². The van der Waals surface area contributed by atoms with Crippen molar-refractivity contribution in [2.75, 3.05) is 6.54 Å². The Balaban J connectivity index is 1.85. The number of rotatable bonds is 5. The number of benzene rings is 1. The Morgan fingerprint density at radius 2 is 2.22 bits per heavy atom. The summed E-state index contributed by atoms with van der Waals surface area (Å²) in [4.78, 5) is 10.5. The summed E-state index contributed by atoms with van der Waals surface area (Å²) in [5.74, 6) is 0.542. The van der Waals surface area contributed by atoms with Gasteiger partial charge in [0.15, 0.2) is 0 Å². The predicted molar refractivity (Wildman–Crippen MR) is 68.3 cm³/mol. The maximum absolute atomic E-state index is 10.8. The van der Waals surface area contributed by atoms with Crippen molar-refractivity contribution >= 4 is 5.69 Å². The fraction of sp³-hybridized carbons (Fsp3) is 0.538. The van der Waals surface area contributed by atoms with E-state index < -0.39 is 0 Å². The molecule has 0 spiro atoms. The Morgan fingerprint density at radius 1 is 1.50 bits per heavy atom. The Hall–Kier alpha value is -1.46. The second kappa shape index (κ2) is 5.46. The monoisotopic (exact) mass is 250 g/mol. The highest BCUT2D eigenvalue weighted by molar-refractivity contribution is 5.42. The van der Waals surface area contributed by atoms with Crippen molar-refractivity contribution in [3.63, 3.8) is 0 Å². The normalized spacial score (nSPS) is 22.6. The number of aryl methyl sites for hydroxylation is 1. The van der Waals surface area contributed by atoms with Gasteiger partial charge in [-0.3, -0.25) is 10.1 Å². The van der Waals surface area contributed by atoms with Crippen molar-refractivity contribution < 1.29 is 10.0 Å². The Kier molecular flexibility index (Phi) is 3.93. The molecule has 0 radical (unpaired) electrons. The molecule has 0 bridgehead atoms. The second-order valence-electron chi connectivity index (χ2n) is 5.00. The average Bonchev–Trinajstić information content (AvgIpc) is 2.28. The van der Waals surface area contributed by atoms with Crippen LogP contribution in [0, 0.1) is 23.0 Å². The van der Waals surface area contributed by atoms with Crippen molar-refractivity contribution in [1.82, 2.24) is 5.32 Å². The average molecular weight is 250 g/mol. The van der Waals surface area contributed by atoms with E-state index in [1.165, 1.54) is 0 Å². The molecule has 98 valence electrons. The molecule has 1 aromatic carbocycles. The van der Waals surface area contributed by atoms with Crippen molar-refractivity contribution in [2.24, 2.45) is 5.92 Å². The number of nitro benzene ring substituents is 1. The van der Waals surface area contributed by atoms with Crippen molar-refractivity contribution in [2.45, 2.75) is 32.4 Å². The third-order valence-electron chi connectivity index (χ3n) is 3.44. The zero-order chi connectivity index (χ0) is 13.1. The number of hydrogen-bond donors (Lipinski definition) is 2. The van der Waals surface area contributed by atoms with Crippen molar-refractivity contribution in [3.05, 3.63) is 39.4 Å². The van der Waals surface area contributed by atoms with E-state index in [0.29, 0.717) is 18.0 Å². The Bertz CT molecular complexity index is 442. The van der Waals surface area contributed by atoms with Crippen molar-refractivity contribution in [1.29, 1.82) is 0 Å². The molecular formula is C13H18N2O3. The number of nitrogens with one attached hydrogen (secondary N) is 1. The highest BCUT2D eigenvalue weighted by Crippen LogP contribution is 2.26. The van der Waals surface area contributed by atoms with E-state index in [2.05, 4.69) is 5.32 Å². The SMILES string of the molecule is Cc1ccc(CNCC2CC(O)C2)cc1[N+](=O)[O-]. The number of hydrogen-bond acceptors (Lipinski definition) is 4. The first-order chi connectivity index (χ1) is 8.56. The molecule has 0 amide bonds. The molecule has 5 heteroatoms. The van der Waals surface area contributed by atoms with Crippen LogP contribution in [0.5, 0.6) is 0 Å². The van der Waals surface area contributed by atoms with Crippen LogP contribution in [0.15, 0.2) is 18.2 Å². The van der Waals surface area contributed by atoms with E-state index in [9.17, 15) is 10.1 Å². The van der Waals surface area contributed by atoms with Gasteiger partial charge in [0.1, 0.15) is 0 Å². The van der Waals surface area contributed by atoms with E-state index in [1.807, 2.05) is 6.07 Å². The van der Waals surface area contributed by atoms with Gasteiger partial charge in [0.25, 0.3) is 5.69 Å². The third-order valence-corrected chi connectivity index (χ3v) is 3.44. The number of nitrogens with zero attached hydrogens (tertiary/aromatic N) is 1. The molecule has 0 atom stereocenters. The van der Waals surface area contributed by atoms with E-state index in [-0.39, 0.29) is 16.7 Å². The smallest absolute Gasteiger partial charge is 0.272 e. The van der Waals surface area contributed by atoms with Gasteiger partial charge < -0.3 is 10.4 Å². The molecule has 0 aliphatic heterocycles. The molecule has 0 heterocycles. The summed E-state index contributed by atoms with van der Waals surface area (Å²) in [6, 6.07) is 5.31. The first-order valence-corrected chi connectivity index (χ1v) is 6.19. The van der Waals surface area contributed by atoms with Crippen LogP contribution in [0.4, 0.5) is 5.69 Å². The van der Waals surface area contributed by atoms with Gasteiger partial charge in [-0.15, -0.1) is 0 Å². The summed E-state index contributed by atoms with van der Waals surface area (Å²) < 4.78 is 0. The van der Waals surface area contributed by atoms with Gasteiger partial charge >= 0.3 is 0 Å². The van der Waals surface area contributed by atoms with E-state index in [0.717, 1.165) is 24.9 Å². The van der Waals surface area contributed by atoms with Gasteiger partial charge in [0, 0.05) is 18.2 Å². The summed E-state index contributed by atoms with van der Waals surface area (Å²) in [6.07, 6.45) is 1.60. The molecule has 0 unspecified atom stereocenters. The van der Waals surface area contributed by atoms with Gasteiger partial charge in [-0.05, 0) is 37.8 Å². The van der Waals surface area contributed by atoms with Crippen molar-refractivity contribution in [3.8, 4) is 0 Å². The number of nitro groups is 1. The summed E-state index contributed by atoms with van der Waals surface area (Å²) in [5, 5.41) is 23.2. The molecule has 2 rings (SSSR count). The number of aliphatic hydroxyl groups excluding tert-OH is 1. The molecular weight excluding hydrogens is 232 g/mol. The van der Waals surface area contributed by atoms with Crippen LogP contribution in [0.25, 0.3) is 0 Å². The molecule has 1 aliphatic rings. The predicted octanol–water partition coefficient (Wildman–Crippen LogP) is 1.76. The first-order valence-electron chi connectivity index (χ1n) is 6.19. The van der Waals surface area contributed by atoms with Gasteiger partial charge in [-0.1, -0.05) is 12.1 Å². The quantitative estimate of drug-likeness (QED) is 0.617. The van der Waals surface area contributed by atoms with Gasteiger partial charge in [-0.25, -0.2) is 0 Å². The lowest BCUT2D eigenvalue weighted by atomic mass is 9.82. The van der Waals surface area contributed by atoms with Crippen LogP contribution in [-0.2, 0) is 6.54 Å². The Labute approximate surface area is 106 Å². The lowest BCUT2D eigenvalue weighted by molar-refractivity contribution is -0.385. The minimum atomic E-state index is -0.346. The molecule has 0 aromatic heterocycles. The summed E-state index contributed by atoms with van der Waals surface area (Å²) in [7, 11) is 0. The van der Waals surface area contributed by atoms with Gasteiger partial charge in [0.2, 0.25) is 0 Å². The molecule has 2 N–H and O–H groups in total. The molecule has 0 saturated heterocycles. The highest BCUT2D eigenvalue weighted by Gasteiger charge is 2.26. The fourth-order valence-electron chi connectivity index (χ4n) is 2.25. The lowest BCUT2D eigenvalue weighted by Crippen LogP contribution is -2.35. The van der Waals surface area contributed by atoms with Crippen LogP contribution in [-0.4, -0.2) is 22.7 Å². The molecule has 18 heavy (non-hydrogen) atoms. The Morgan fingerprint density at radius 3 is 2.83 bits per heavy atom. The van der Waals surface area contributed by atoms with Gasteiger partial charge in [-0.2, -0.15) is 0 Å². The van der Waals surface area contributed by atoms with Crippen LogP contribution in [0.1, 0.15) is 24.0 Å².